The monoisotopic (exact) mass is 337 g/mol. The smallest absolute Gasteiger partial charge is 0.329 e. The van der Waals surface area contributed by atoms with E-state index >= 15 is 0 Å². The third kappa shape index (κ3) is 2.96. The number of nitrogens with zero attached hydrogens (tertiary/aromatic N) is 2. The van der Waals surface area contributed by atoms with Crippen molar-refractivity contribution in [2.75, 3.05) is 31.2 Å². The number of rotatable bonds is 3. The first-order valence-corrected chi connectivity index (χ1v) is 8.36. The van der Waals surface area contributed by atoms with Gasteiger partial charge in [0.05, 0.1) is 30.7 Å². The molecule has 0 saturated carbocycles. The van der Waals surface area contributed by atoms with E-state index in [0.717, 1.165) is 24.3 Å². The molecule has 0 atom stereocenters. The molecule has 0 amide bonds. The highest BCUT2D eigenvalue weighted by molar-refractivity contribution is 5.76. The summed E-state index contributed by atoms with van der Waals surface area (Å²) in [6.45, 7) is 3.22. The van der Waals surface area contributed by atoms with Crippen LogP contribution >= 0.6 is 0 Å². The van der Waals surface area contributed by atoms with Gasteiger partial charge >= 0.3 is 5.69 Å². The SMILES string of the molecule is O=c1[nH]c2ccccc2c(=O)n1Cc1ccccc1N1CCOCC1. The molecule has 2 aromatic carbocycles. The number of benzene rings is 2. The molecule has 6 nitrogen and oxygen atoms in total. The first kappa shape index (κ1) is 15.7. The van der Waals surface area contributed by atoms with Gasteiger partial charge in [-0.05, 0) is 23.8 Å². The fourth-order valence-corrected chi connectivity index (χ4v) is 3.27. The third-order valence-electron chi connectivity index (χ3n) is 4.56. The van der Waals surface area contributed by atoms with Crippen molar-refractivity contribution in [3.8, 4) is 0 Å². The summed E-state index contributed by atoms with van der Waals surface area (Å²) in [5, 5.41) is 0.519. The van der Waals surface area contributed by atoms with Crippen LogP contribution in [0.2, 0.25) is 0 Å². The fraction of sp³-hybridized carbons (Fsp3) is 0.263. The molecule has 3 aromatic rings. The van der Waals surface area contributed by atoms with Crippen molar-refractivity contribution in [2.24, 2.45) is 0 Å². The lowest BCUT2D eigenvalue weighted by Crippen LogP contribution is -2.38. The lowest BCUT2D eigenvalue weighted by Gasteiger charge is -2.30. The van der Waals surface area contributed by atoms with E-state index in [1.807, 2.05) is 24.3 Å². The molecule has 0 spiro atoms. The number of hydrogen-bond donors (Lipinski definition) is 1. The summed E-state index contributed by atoms with van der Waals surface area (Å²) in [6.07, 6.45) is 0. The maximum Gasteiger partial charge on any atom is 0.329 e. The molecule has 0 radical (unpaired) electrons. The molecule has 0 aliphatic carbocycles. The van der Waals surface area contributed by atoms with Crippen LogP contribution in [0.15, 0.2) is 58.1 Å². The van der Waals surface area contributed by atoms with Crippen LogP contribution in [0.3, 0.4) is 0 Å². The van der Waals surface area contributed by atoms with Gasteiger partial charge in [0.15, 0.2) is 0 Å². The summed E-state index contributed by atoms with van der Waals surface area (Å²) in [5.74, 6) is 0. The maximum absolute atomic E-state index is 12.8. The van der Waals surface area contributed by atoms with Crippen LogP contribution in [0, 0.1) is 0 Å². The van der Waals surface area contributed by atoms with Gasteiger partial charge in [0, 0.05) is 18.8 Å². The molecule has 0 unspecified atom stereocenters. The van der Waals surface area contributed by atoms with Crippen LogP contribution in [0.4, 0.5) is 5.69 Å². The highest BCUT2D eigenvalue weighted by Gasteiger charge is 2.16. The average Bonchev–Trinajstić information content (AvgIpc) is 2.66. The number of fused-ring (bicyclic) bond motifs is 1. The summed E-state index contributed by atoms with van der Waals surface area (Å²) >= 11 is 0. The number of morpholine rings is 1. The van der Waals surface area contributed by atoms with E-state index < -0.39 is 0 Å². The van der Waals surface area contributed by atoms with Crippen LogP contribution in [-0.4, -0.2) is 35.9 Å². The van der Waals surface area contributed by atoms with Gasteiger partial charge < -0.3 is 14.6 Å². The highest BCUT2D eigenvalue weighted by Crippen LogP contribution is 2.22. The second kappa shape index (κ2) is 6.57. The number of aromatic nitrogens is 2. The predicted molar refractivity (Wildman–Crippen MR) is 97.4 cm³/mol. The molecule has 1 fully saturated rings. The molecule has 0 bridgehead atoms. The quantitative estimate of drug-likeness (QED) is 0.788. The summed E-state index contributed by atoms with van der Waals surface area (Å²) in [5.41, 5.74) is 1.91. The van der Waals surface area contributed by atoms with Gasteiger partial charge in [0.2, 0.25) is 0 Å². The van der Waals surface area contributed by atoms with E-state index in [1.54, 1.807) is 24.3 Å². The standard InChI is InChI=1S/C19H19N3O3/c23-18-15-6-2-3-7-16(15)20-19(24)22(18)13-14-5-1-4-8-17(14)21-9-11-25-12-10-21/h1-8H,9-13H2,(H,20,24). The van der Waals surface area contributed by atoms with Gasteiger partial charge in [-0.3, -0.25) is 9.36 Å². The number of ether oxygens (including phenoxy) is 1. The molecule has 25 heavy (non-hydrogen) atoms. The van der Waals surface area contributed by atoms with Gasteiger partial charge in [-0.1, -0.05) is 30.3 Å². The zero-order chi connectivity index (χ0) is 17.2. The first-order chi connectivity index (χ1) is 12.2. The molecular weight excluding hydrogens is 318 g/mol. The molecule has 1 aliphatic heterocycles. The molecule has 1 N–H and O–H groups in total. The second-order valence-electron chi connectivity index (χ2n) is 6.10. The Bertz CT molecular complexity index is 1020. The van der Waals surface area contributed by atoms with E-state index in [2.05, 4.69) is 9.88 Å². The number of H-pyrrole nitrogens is 1. The van der Waals surface area contributed by atoms with Crippen molar-refractivity contribution in [3.05, 3.63) is 74.9 Å². The zero-order valence-corrected chi connectivity index (χ0v) is 13.8. The number of nitrogens with one attached hydrogen (secondary N) is 1. The second-order valence-corrected chi connectivity index (χ2v) is 6.10. The third-order valence-corrected chi connectivity index (χ3v) is 4.56. The van der Waals surface area contributed by atoms with E-state index in [0.29, 0.717) is 24.1 Å². The van der Waals surface area contributed by atoms with E-state index in [4.69, 9.17) is 4.74 Å². The molecule has 128 valence electrons. The summed E-state index contributed by atoms with van der Waals surface area (Å²) in [7, 11) is 0. The molecule has 4 rings (SSSR count). The van der Waals surface area contributed by atoms with Gasteiger partial charge in [-0.25, -0.2) is 4.79 Å². The van der Waals surface area contributed by atoms with Gasteiger partial charge in [-0.2, -0.15) is 0 Å². The average molecular weight is 337 g/mol. The number of anilines is 1. The lowest BCUT2D eigenvalue weighted by molar-refractivity contribution is 0.122. The molecule has 1 aliphatic rings. The predicted octanol–water partition coefficient (Wildman–Crippen LogP) is 1.57. The molecular formula is C19H19N3O3. The van der Waals surface area contributed by atoms with Crippen LogP contribution in [0.5, 0.6) is 0 Å². The van der Waals surface area contributed by atoms with Crippen LogP contribution in [0.25, 0.3) is 10.9 Å². The topological polar surface area (TPSA) is 67.3 Å². The summed E-state index contributed by atoms with van der Waals surface area (Å²) in [6, 6.07) is 15.0. The van der Waals surface area contributed by atoms with Gasteiger partial charge in [0.1, 0.15) is 0 Å². The highest BCUT2D eigenvalue weighted by atomic mass is 16.5. The molecule has 1 saturated heterocycles. The minimum Gasteiger partial charge on any atom is -0.378 e. The van der Waals surface area contributed by atoms with Crippen molar-refractivity contribution in [1.29, 1.82) is 0 Å². The molecule has 2 heterocycles. The lowest BCUT2D eigenvalue weighted by atomic mass is 10.1. The zero-order valence-electron chi connectivity index (χ0n) is 13.8. The Labute approximate surface area is 144 Å². The van der Waals surface area contributed by atoms with E-state index in [1.165, 1.54) is 4.57 Å². The van der Waals surface area contributed by atoms with Crippen molar-refractivity contribution in [2.45, 2.75) is 6.54 Å². The summed E-state index contributed by atoms with van der Waals surface area (Å²) in [4.78, 5) is 30.2. The molecule has 6 heteroatoms. The summed E-state index contributed by atoms with van der Waals surface area (Å²) < 4.78 is 6.68. The van der Waals surface area contributed by atoms with Crippen LogP contribution in [-0.2, 0) is 11.3 Å². The Morgan fingerprint density at radius 2 is 1.68 bits per heavy atom. The number of para-hydroxylation sites is 2. The minimum absolute atomic E-state index is 0.243. The van der Waals surface area contributed by atoms with Crippen molar-refractivity contribution in [1.82, 2.24) is 9.55 Å². The molecule has 1 aromatic heterocycles. The normalized spacial score (nSPS) is 14.8. The number of aromatic amines is 1. The van der Waals surface area contributed by atoms with Crippen LogP contribution < -0.4 is 16.1 Å². The first-order valence-electron chi connectivity index (χ1n) is 8.36. The van der Waals surface area contributed by atoms with E-state index in [-0.39, 0.29) is 17.8 Å². The Hall–Kier alpha value is -2.86. The van der Waals surface area contributed by atoms with Gasteiger partial charge in [0.25, 0.3) is 5.56 Å². The minimum atomic E-state index is -0.388. The van der Waals surface area contributed by atoms with E-state index in [9.17, 15) is 9.59 Å². The van der Waals surface area contributed by atoms with Gasteiger partial charge in [-0.15, -0.1) is 0 Å². The van der Waals surface area contributed by atoms with Crippen molar-refractivity contribution in [3.63, 3.8) is 0 Å². The van der Waals surface area contributed by atoms with Crippen molar-refractivity contribution >= 4 is 16.6 Å². The van der Waals surface area contributed by atoms with Crippen molar-refractivity contribution < 1.29 is 4.74 Å². The van der Waals surface area contributed by atoms with Crippen LogP contribution in [0.1, 0.15) is 5.56 Å². The Morgan fingerprint density at radius 3 is 2.52 bits per heavy atom. The number of hydrogen-bond acceptors (Lipinski definition) is 4. The Balaban J connectivity index is 1.77. The Morgan fingerprint density at radius 1 is 0.960 bits per heavy atom. The largest absolute Gasteiger partial charge is 0.378 e. The maximum atomic E-state index is 12.8. The Kier molecular flexibility index (Phi) is 4.11. The fourth-order valence-electron chi connectivity index (χ4n) is 3.27.